The van der Waals surface area contributed by atoms with Crippen LogP contribution in [0, 0.1) is 27.7 Å². The number of phenols is 6. The van der Waals surface area contributed by atoms with Crippen LogP contribution in [0.5, 0.6) is 34.5 Å². The summed E-state index contributed by atoms with van der Waals surface area (Å²) in [7, 11) is 0. The second-order valence-corrected chi connectivity index (χ2v) is 12.8. The third-order valence-corrected chi connectivity index (χ3v) is 9.25. The number of phenolic OH excluding ortho intramolecular Hbond substituents is 6. The van der Waals surface area contributed by atoms with Gasteiger partial charge in [0.25, 0.3) is 0 Å². The molecule has 250 valence electrons. The molecule has 49 heavy (non-hydrogen) atoms. The zero-order chi connectivity index (χ0) is 35.5. The van der Waals surface area contributed by atoms with Gasteiger partial charge in [0.1, 0.15) is 34.5 Å². The predicted molar refractivity (Wildman–Crippen MR) is 194 cm³/mol. The summed E-state index contributed by atoms with van der Waals surface area (Å²) >= 11 is 0. The maximum Gasteiger partial charge on any atom is 0.121 e. The molecule has 0 aliphatic rings. The summed E-state index contributed by atoms with van der Waals surface area (Å²) in [4.78, 5) is 0. The van der Waals surface area contributed by atoms with Crippen molar-refractivity contribution in [1.29, 1.82) is 0 Å². The fourth-order valence-corrected chi connectivity index (χ4v) is 6.44. The van der Waals surface area contributed by atoms with Crippen LogP contribution in [-0.2, 0) is 5.41 Å². The first-order chi connectivity index (χ1) is 23.3. The average Bonchev–Trinajstić information content (AvgIpc) is 3.08. The highest BCUT2D eigenvalue weighted by molar-refractivity contribution is 5.54. The Morgan fingerprint density at radius 2 is 0.612 bits per heavy atom. The van der Waals surface area contributed by atoms with Crippen LogP contribution >= 0.6 is 0 Å². The van der Waals surface area contributed by atoms with E-state index in [0.29, 0.717) is 11.5 Å². The summed E-state index contributed by atoms with van der Waals surface area (Å²) in [5.41, 5.74) is 9.02. The van der Waals surface area contributed by atoms with E-state index in [1.165, 1.54) is 0 Å². The lowest BCUT2D eigenvalue weighted by Crippen LogP contribution is -2.25. The number of aryl methyl sites for hydroxylation is 4. The van der Waals surface area contributed by atoms with Gasteiger partial charge in [-0.25, -0.2) is 0 Å². The summed E-state index contributed by atoms with van der Waals surface area (Å²) < 4.78 is 0. The Kier molecular flexibility index (Phi) is 9.90. The molecule has 0 saturated heterocycles. The van der Waals surface area contributed by atoms with E-state index >= 15 is 0 Å². The van der Waals surface area contributed by atoms with E-state index in [9.17, 15) is 30.6 Å². The van der Waals surface area contributed by atoms with Gasteiger partial charge in [-0.3, -0.25) is 0 Å². The Bertz CT molecular complexity index is 1830. The monoisotopic (exact) mass is 654 g/mol. The lowest BCUT2D eigenvalue weighted by Gasteiger charge is -2.32. The Labute approximate surface area is 287 Å². The smallest absolute Gasteiger partial charge is 0.121 e. The summed E-state index contributed by atoms with van der Waals surface area (Å²) in [5.74, 6) is 1.44. The van der Waals surface area contributed by atoms with E-state index in [4.69, 9.17) is 0 Å². The molecule has 6 aromatic rings. The minimum atomic E-state index is -0.477. The molecule has 6 N–H and O–H groups in total. The summed E-state index contributed by atoms with van der Waals surface area (Å²) in [6, 6.07) is 36.4. The van der Waals surface area contributed by atoms with E-state index in [2.05, 4.69) is 6.92 Å². The van der Waals surface area contributed by atoms with Crippen LogP contribution in [0.25, 0.3) is 0 Å². The second-order valence-electron chi connectivity index (χ2n) is 12.8. The summed E-state index contributed by atoms with van der Waals surface area (Å²) in [6.45, 7) is 9.66. The molecule has 6 aromatic carbocycles. The van der Waals surface area contributed by atoms with Crippen LogP contribution < -0.4 is 0 Å². The van der Waals surface area contributed by atoms with Gasteiger partial charge in [0, 0.05) is 11.3 Å². The fraction of sp³-hybridized carbons (Fsp3) is 0.163. The Morgan fingerprint density at radius 3 is 0.878 bits per heavy atom. The maximum atomic E-state index is 10.1. The molecular weight excluding hydrogens is 612 g/mol. The Morgan fingerprint density at radius 1 is 0.367 bits per heavy atom. The van der Waals surface area contributed by atoms with Gasteiger partial charge >= 0.3 is 0 Å². The van der Waals surface area contributed by atoms with Crippen molar-refractivity contribution in [2.45, 2.75) is 46.0 Å². The number of rotatable bonds is 6. The first-order valence-electron chi connectivity index (χ1n) is 16.1. The maximum absolute atomic E-state index is 10.1. The first-order valence-corrected chi connectivity index (χ1v) is 16.1. The van der Waals surface area contributed by atoms with Gasteiger partial charge in [-0.1, -0.05) is 72.8 Å². The van der Waals surface area contributed by atoms with Crippen molar-refractivity contribution >= 4 is 0 Å². The molecule has 0 atom stereocenters. The number of hydrogen-bond acceptors (Lipinski definition) is 6. The summed E-state index contributed by atoms with van der Waals surface area (Å²) in [5, 5.41) is 58.7. The van der Waals surface area contributed by atoms with Crippen molar-refractivity contribution in [3.05, 3.63) is 177 Å². The van der Waals surface area contributed by atoms with Crippen LogP contribution in [0.3, 0.4) is 0 Å². The van der Waals surface area contributed by atoms with Gasteiger partial charge in [0.15, 0.2) is 0 Å². The fourth-order valence-electron chi connectivity index (χ4n) is 6.44. The topological polar surface area (TPSA) is 121 Å². The molecule has 0 heterocycles. The van der Waals surface area contributed by atoms with Gasteiger partial charge in [-0.2, -0.15) is 0 Å². The molecule has 0 saturated carbocycles. The lowest BCUT2D eigenvalue weighted by molar-refractivity contribution is 0.466. The largest absolute Gasteiger partial charge is 0.508 e. The Balaban J connectivity index is 0.000000192. The molecule has 6 nitrogen and oxygen atoms in total. The van der Waals surface area contributed by atoms with E-state index in [1.54, 1.807) is 48.5 Å². The molecule has 0 aromatic heterocycles. The normalized spacial score (nSPS) is 11.2. The van der Waals surface area contributed by atoms with Crippen LogP contribution in [0.1, 0.15) is 68.5 Å². The first kappa shape index (κ1) is 34.5. The Hall–Kier alpha value is -5.88. The quantitative estimate of drug-likeness (QED) is 0.0996. The average molecular weight is 655 g/mol. The highest BCUT2D eigenvalue weighted by Gasteiger charge is 2.31. The van der Waals surface area contributed by atoms with Crippen molar-refractivity contribution in [3.8, 4) is 34.5 Å². The van der Waals surface area contributed by atoms with Crippen LogP contribution in [0.2, 0.25) is 0 Å². The SMILES string of the molecule is CC(c1ccc(O)cc1)(c1ccc(O)cc1)c1ccc(O)cc1.Cc1cc(C(c2ccc(O)cc2)c2cc(C)c(O)c(C)c2)cc(C)c1O. The third kappa shape index (κ3) is 7.34. The number of benzene rings is 6. The summed E-state index contributed by atoms with van der Waals surface area (Å²) in [6.07, 6.45) is 0. The van der Waals surface area contributed by atoms with Gasteiger partial charge in [-0.15, -0.1) is 0 Å². The van der Waals surface area contributed by atoms with Crippen molar-refractivity contribution in [3.63, 3.8) is 0 Å². The van der Waals surface area contributed by atoms with E-state index < -0.39 is 5.41 Å². The number of aromatic hydroxyl groups is 6. The van der Waals surface area contributed by atoms with Gasteiger partial charge in [-0.05, 0) is 139 Å². The van der Waals surface area contributed by atoms with Crippen molar-refractivity contribution in [2.24, 2.45) is 0 Å². The number of hydrogen-bond donors (Lipinski definition) is 6. The molecule has 6 heteroatoms. The zero-order valence-electron chi connectivity index (χ0n) is 28.3. The van der Waals surface area contributed by atoms with Gasteiger partial charge in [0.05, 0.1) is 0 Å². The molecule has 0 amide bonds. The van der Waals surface area contributed by atoms with E-state index in [1.807, 2.05) is 100 Å². The molecule has 0 radical (unpaired) electrons. The minimum absolute atomic E-state index is 0.0633. The van der Waals surface area contributed by atoms with Crippen molar-refractivity contribution in [2.75, 3.05) is 0 Å². The lowest BCUT2D eigenvalue weighted by atomic mass is 9.71. The molecule has 0 fully saturated rings. The van der Waals surface area contributed by atoms with Crippen molar-refractivity contribution in [1.82, 2.24) is 0 Å². The van der Waals surface area contributed by atoms with Gasteiger partial charge < -0.3 is 30.6 Å². The van der Waals surface area contributed by atoms with Crippen molar-refractivity contribution < 1.29 is 30.6 Å². The second kappa shape index (κ2) is 14.1. The van der Waals surface area contributed by atoms with Crippen LogP contribution in [0.15, 0.2) is 121 Å². The third-order valence-electron chi connectivity index (χ3n) is 9.25. The highest BCUT2D eigenvalue weighted by Crippen LogP contribution is 2.41. The molecule has 6 rings (SSSR count). The molecule has 0 aliphatic carbocycles. The predicted octanol–water partition coefficient (Wildman–Crippen LogP) is 9.37. The zero-order valence-corrected chi connectivity index (χ0v) is 28.3. The van der Waals surface area contributed by atoms with Crippen LogP contribution in [-0.4, -0.2) is 30.6 Å². The van der Waals surface area contributed by atoms with E-state index in [-0.39, 0.29) is 28.9 Å². The minimum Gasteiger partial charge on any atom is -0.508 e. The van der Waals surface area contributed by atoms with E-state index in [0.717, 1.165) is 55.6 Å². The molecule has 0 aliphatic heterocycles. The molecule has 0 bridgehead atoms. The molecule has 0 spiro atoms. The standard InChI is InChI=1S/C23H24O3.C20H18O3/c1-13-9-18(10-14(2)22(13)25)21(17-5-7-20(24)8-6-17)19-11-15(3)23(26)16(4)12-19;1-20(14-2-8-17(21)9-3-14,15-4-10-18(22)11-5-15)16-6-12-19(23)13-7-16/h5-12,21,24-26H,1-4H3;2-13,21-23H,1H3. The van der Waals surface area contributed by atoms with Gasteiger partial charge in [0.2, 0.25) is 0 Å². The van der Waals surface area contributed by atoms with Crippen LogP contribution in [0.4, 0.5) is 0 Å². The molecule has 0 unspecified atom stereocenters. The highest BCUT2D eigenvalue weighted by atomic mass is 16.3. The molecular formula is C43H42O6.